The summed E-state index contributed by atoms with van der Waals surface area (Å²) in [6.45, 7) is 2.57. The summed E-state index contributed by atoms with van der Waals surface area (Å²) >= 11 is 0. The maximum absolute atomic E-state index is 5.86. The van der Waals surface area contributed by atoms with E-state index in [1.807, 2.05) is 18.2 Å². The van der Waals surface area contributed by atoms with Gasteiger partial charge in [-0.15, -0.1) is 0 Å². The third-order valence-electron chi connectivity index (χ3n) is 3.65. The highest BCUT2D eigenvalue weighted by molar-refractivity contribution is 5.45. The molecule has 0 saturated carbocycles. The van der Waals surface area contributed by atoms with Gasteiger partial charge in [-0.1, -0.05) is 6.07 Å². The first-order chi connectivity index (χ1) is 9.36. The predicted octanol–water partition coefficient (Wildman–Crippen LogP) is 1.18. The molecule has 1 aromatic rings. The highest BCUT2D eigenvalue weighted by Crippen LogP contribution is 2.34. The summed E-state index contributed by atoms with van der Waals surface area (Å²) in [5, 5.41) is 3.47. The summed E-state index contributed by atoms with van der Waals surface area (Å²) < 4.78 is 16.3. The van der Waals surface area contributed by atoms with Crippen molar-refractivity contribution in [3.05, 3.63) is 23.8 Å². The molecule has 5 nitrogen and oxygen atoms in total. The second-order valence-electron chi connectivity index (χ2n) is 4.94. The highest BCUT2D eigenvalue weighted by Gasteiger charge is 2.20. The molecule has 104 valence electrons. The Labute approximate surface area is 113 Å². The van der Waals surface area contributed by atoms with Crippen molar-refractivity contribution in [2.45, 2.75) is 25.0 Å². The number of fused-ring (bicyclic) bond motifs is 1. The fourth-order valence-electron chi connectivity index (χ4n) is 2.55. The van der Waals surface area contributed by atoms with Gasteiger partial charge in [-0.05, 0) is 30.5 Å². The van der Waals surface area contributed by atoms with Gasteiger partial charge in [0.2, 0.25) is 6.79 Å². The zero-order valence-corrected chi connectivity index (χ0v) is 10.9. The molecule has 1 aromatic carbocycles. The molecule has 2 aliphatic heterocycles. The van der Waals surface area contributed by atoms with Crippen molar-refractivity contribution in [3.8, 4) is 11.5 Å². The average molecular weight is 264 g/mol. The van der Waals surface area contributed by atoms with E-state index in [4.69, 9.17) is 19.9 Å². The lowest BCUT2D eigenvalue weighted by atomic mass is 10.1. The normalized spacial score (nSPS) is 22.7. The van der Waals surface area contributed by atoms with Crippen molar-refractivity contribution >= 4 is 0 Å². The van der Waals surface area contributed by atoms with Gasteiger partial charge in [-0.2, -0.15) is 0 Å². The Bertz CT molecular complexity index is 433. The molecular weight excluding hydrogens is 244 g/mol. The SMILES string of the molecule is NCC(NCC1CCCO1)c1ccc2c(c1)OCO2. The lowest BCUT2D eigenvalue weighted by Crippen LogP contribution is -2.34. The van der Waals surface area contributed by atoms with Gasteiger partial charge in [0.15, 0.2) is 11.5 Å². The van der Waals surface area contributed by atoms with E-state index < -0.39 is 0 Å². The van der Waals surface area contributed by atoms with Gasteiger partial charge >= 0.3 is 0 Å². The molecule has 3 rings (SSSR count). The molecule has 0 bridgehead atoms. The standard InChI is InChI=1S/C14H20N2O3/c15-7-12(16-8-11-2-1-5-17-11)10-3-4-13-14(6-10)19-9-18-13/h3-4,6,11-12,16H,1-2,5,7-9,15H2. The summed E-state index contributed by atoms with van der Waals surface area (Å²) in [4.78, 5) is 0. The van der Waals surface area contributed by atoms with E-state index in [-0.39, 0.29) is 6.04 Å². The number of ether oxygens (including phenoxy) is 3. The lowest BCUT2D eigenvalue weighted by Gasteiger charge is -2.20. The van der Waals surface area contributed by atoms with Gasteiger partial charge < -0.3 is 25.3 Å². The minimum Gasteiger partial charge on any atom is -0.454 e. The van der Waals surface area contributed by atoms with Crippen molar-refractivity contribution in [1.29, 1.82) is 0 Å². The maximum Gasteiger partial charge on any atom is 0.231 e. The molecule has 5 heteroatoms. The summed E-state index contributed by atoms with van der Waals surface area (Å²) in [5.74, 6) is 1.61. The fourth-order valence-corrected chi connectivity index (χ4v) is 2.55. The summed E-state index contributed by atoms with van der Waals surface area (Å²) in [6.07, 6.45) is 2.61. The zero-order valence-electron chi connectivity index (χ0n) is 10.9. The third kappa shape index (κ3) is 2.83. The summed E-state index contributed by atoms with van der Waals surface area (Å²) in [6, 6.07) is 6.10. The molecule has 1 saturated heterocycles. The van der Waals surface area contributed by atoms with Crippen molar-refractivity contribution < 1.29 is 14.2 Å². The molecule has 19 heavy (non-hydrogen) atoms. The monoisotopic (exact) mass is 264 g/mol. The number of benzene rings is 1. The zero-order chi connectivity index (χ0) is 13.1. The van der Waals surface area contributed by atoms with Crippen LogP contribution in [-0.2, 0) is 4.74 Å². The Kier molecular flexibility index (Phi) is 3.87. The Morgan fingerprint density at radius 2 is 2.21 bits per heavy atom. The van der Waals surface area contributed by atoms with E-state index in [0.29, 0.717) is 19.4 Å². The van der Waals surface area contributed by atoms with Crippen molar-refractivity contribution in [3.63, 3.8) is 0 Å². The second-order valence-corrected chi connectivity index (χ2v) is 4.94. The predicted molar refractivity (Wildman–Crippen MR) is 71.3 cm³/mol. The molecule has 3 N–H and O–H groups in total. The van der Waals surface area contributed by atoms with Gasteiger partial charge in [-0.3, -0.25) is 0 Å². The first kappa shape index (κ1) is 12.7. The Balaban J connectivity index is 1.64. The Hall–Kier alpha value is -1.30. The number of hydrogen-bond donors (Lipinski definition) is 2. The molecule has 2 unspecified atom stereocenters. The third-order valence-corrected chi connectivity index (χ3v) is 3.65. The van der Waals surface area contributed by atoms with Crippen LogP contribution in [0.1, 0.15) is 24.4 Å². The largest absolute Gasteiger partial charge is 0.454 e. The quantitative estimate of drug-likeness (QED) is 0.836. The molecule has 0 amide bonds. The first-order valence-corrected chi connectivity index (χ1v) is 6.81. The van der Waals surface area contributed by atoms with Gasteiger partial charge in [0.1, 0.15) is 0 Å². The molecule has 0 aromatic heterocycles. The van der Waals surface area contributed by atoms with Crippen LogP contribution in [-0.4, -0.2) is 32.6 Å². The fraction of sp³-hybridized carbons (Fsp3) is 0.571. The summed E-state index contributed by atoms with van der Waals surface area (Å²) in [5.41, 5.74) is 6.99. The van der Waals surface area contributed by atoms with Crippen LogP contribution < -0.4 is 20.5 Å². The summed E-state index contributed by atoms with van der Waals surface area (Å²) in [7, 11) is 0. The molecule has 2 atom stereocenters. The molecule has 0 spiro atoms. The van der Waals surface area contributed by atoms with E-state index in [2.05, 4.69) is 5.32 Å². The van der Waals surface area contributed by atoms with Crippen molar-refractivity contribution in [2.24, 2.45) is 5.73 Å². The van der Waals surface area contributed by atoms with Crippen LogP contribution in [0.2, 0.25) is 0 Å². The maximum atomic E-state index is 5.86. The second kappa shape index (κ2) is 5.77. The van der Waals surface area contributed by atoms with Crippen LogP contribution in [0.3, 0.4) is 0 Å². The van der Waals surface area contributed by atoms with Crippen LogP contribution in [0.25, 0.3) is 0 Å². The van der Waals surface area contributed by atoms with Crippen LogP contribution in [0.4, 0.5) is 0 Å². The van der Waals surface area contributed by atoms with Gasteiger partial charge in [0.05, 0.1) is 6.10 Å². The number of rotatable bonds is 5. The van der Waals surface area contributed by atoms with Gasteiger partial charge in [0, 0.05) is 25.7 Å². The minimum absolute atomic E-state index is 0.124. The number of nitrogens with one attached hydrogen (secondary N) is 1. The van der Waals surface area contributed by atoms with E-state index in [1.165, 1.54) is 0 Å². The molecule has 0 radical (unpaired) electrons. The average Bonchev–Trinajstić information content (AvgIpc) is 3.09. The molecular formula is C14H20N2O3. The molecule has 0 aliphatic carbocycles. The first-order valence-electron chi connectivity index (χ1n) is 6.81. The Morgan fingerprint density at radius 3 is 3.00 bits per heavy atom. The molecule has 2 aliphatic rings. The van der Waals surface area contributed by atoms with Crippen LogP contribution in [0.5, 0.6) is 11.5 Å². The van der Waals surface area contributed by atoms with Gasteiger partial charge in [0.25, 0.3) is 0 Å². The van der Waals surface area contributed by atoms with Crippen molar-refractivity contribution in [2.75, 3.05) is 26.5 Å². The minimum atomic E-state index is 0.124. The smallest absolute Gasteiger partial charge is 0.231 e. The van der Waals surface area contributed by atoms with E-state index >= 15 is 0 Å². The van der Waals surface area contributed by atoms with E-state index in [0.717, 1.165) is 43.1 Å². The van der Waals surface area contributed by atoms with E-state index in [9.17, 15) is 0 Å². The van der Waals surface area contributed by atoms with Crippen LogP contribution >= 0.6 is 0 Å². The highest BCUT2D eigenvalue weighted by atomic mass is 16.7. The Morgan fingerprint density at radius 1 is 1.32 bits per heavy atom. The van der Waals surface area contributed by atoms with Crippen LogP contribution in [0, 0.1) is 0 Å². The lowest BCUT2D eigenvalue weighted by molar-refractivity contribution is 0.107. The number of hydrogen-bond acceptors (Lipinski definition) is 5. The van der Waals surface area contributed by atoms with Crippen LogP contribution in [0.15, 0.2) is 18.2 Å². The topological polar surface area (TPSA) is 65.7 Å². The van der Waals surface area contributed by atoms with Crippen molar-refractivity contribution in [1.82, 2.24) is 5.32 Å². The number of nitrogens with two attached hydrogens (primary N) is 1. The van der Waals surface area contributed by atoms with E-state index in [1.54, 1.807) is 0 Å². The molecule has 2 heterocycles. The van der Waals surface area contributed by atoms with Gasteiger partial charge in [-0.25, -0.2) is 0 Å². The molecule has 1 fully saturated rings.